The van der Waals surface area contributed by atoms with Crippen LogP contribution in [0.3, 0.4) is 0 Å². The van der Waals surface area contributed by atoms with E-state index in [0.717, 1.165) is 38.9 Å². The van der Waals surface area contributed by atoms with Gasteiger partial charge < -0.3 is 9.32 Å². The molecular formula is C47H33NO. The second kappa shape index (κ2) is 10.4. The topological polar surface area (TPSA) is 16.4 Å². The zero-order valence-corrected chi connectivity index (χ0v) is 27.4. The number of fused-ring (bicyclic) bond motifs is 8. The highest BCUT2D eigenvalue weighted by Crippen LogP contribution is 2.55. The summed E-state index contributed by atoms with van der Waals surface area (Å²) in [6.07, 6.45) is 0. The Morgan fingerprint density at radius 2 is 1.04 bits per heavy atom. The van der Waals surface area contributed by atoms with E-state index in [9.17, 15) is 0 Å². The Morgan fingerprint density at radius 1 is 0.429 bits per heavy atom. The molecule has 0 radical (unpaired) electrons. The van der Waals surface area contributed by atoms with Crippen LogP contribution >= 0.6 is 0 Å². The summed E-state index contributed by atoms with van der Waals surface area (Å²) >= 11 is 0. The minimum Gasteiger partial charge on any atom is -0.456 e. The molecule has 9 aromatic rings. The average molecular weight is 628 g/mol. The van der Waals surface area contributed by atoms with Gasteiger partial charge in [0.05, 0.1) is 17.1 Å². The molecule has 49 heavy (non-hydrogen) atoms. The van der Waals surface area contributed by atoms with Crippen molar-refractivity contribution in [3.63, 3.8) is 0 Å². The fraction of sp³-hybridized carbons (Fsp3) is 0.0638. The van der Waals surface area contributed by atoms with Gasteiger partial charge in [0.15, 0.2) is 0 Å². The summed E-state index contributed by atoms with van der Waals surface area (Å²) in [5.41, 5.74) is 12.8. The number of furan rings is 1. The van der Waals surface area contributed by atoms with Crippen molar-refractivity contribution in [1.82, 2.24) is 0 Å². The predicted molar refractivity (Wildman–Crippen MR) is 206 cm³/mol. The molecule has 8 aromatic carbocycles. The van der Waals surface area contributed by atoms with Gasteiger partial charge in [-0.25, -0.2) is 0 Å². The summed E-state index contributed by atoms with van der Waals surface area (Å²) in [6.45, 7) is 4.74. The van der Waals surface area contributed by atoms with Gasteiger partial charge in [-0.15, -0.1) is 0 Å². The van der Waals surface area contributed by atoms with Crippen molar-refractivity contribution in [3.05, 3.63) is 175 Å². The molecule has 0 unspecified atom stereocenters. The summed E-state index contributed by atoms with van der Waals surface area (Å²) in [7, 11) is 0. The third kappa shape index (κ3) is 4.14. The molecule has 1 aromatic heterocycles. The fourth-order valence-electron chi connectivity index (χ4n) is 8.34. The van der Waals surface area contributed by atoms with Crippen LogP contribution in [0.5, 0.6) is 0 Å². The molecule has 0 bridgehead atoms. The molecule has 0 N–H and O–H groups in total. The maximum atomic E-state index is 6.41. The predicted octanol–water partition coefficient (Wildman–Crippen LogP) is 13.3. The van der Waals surface area contributed by atoms with Crippen molar-refractivity contribution in [3.8, 4) is 22.3 Å². The third-order valence-electron chi connectivity index (χ3n) is 10.6. The maximum absolute atomic E-state index is 6.41. The third-order valence-corrected chi connectivity index (χ3v) is 10.6. The Hall–Kier alpha value is -6.12. The molecule has 2 nitrogen and oxygen atoms in total. The summed E-state index contributed by atoms with van der Waals surface area (Å²) in [5.74, 6) is 0. The van der Waals surface area contributed by atoms with Gasteiger partial charge >= 0.3 is 0 Å². The molecule has 232 valence electrons. The quantitative estimate of drug-likeness (QED) is 0.193. The molecule has 0 atom stereocenters. The lowest BCUT2D eigenvalue weighted by molar-refractivity contribution is 0.661. The Bertz CT molecular complexity index is 2760. The van der Waals surface area contributed by atoms with E-state index in [1.807, 2.05) is 0 Å². The lowest BCUT2D eigenvalue weighted by Gasteiger charge is -2.34. The number of anilines is 3. The molecule has 0 aliphatic heterocycles. The van der Waals surface area contributed by atoms with E-state index in [1.165, 1.54) is 55.0 Å². The monoisotopic (exact) mass is 627 g/mol. The van der Waals surface area contributed by atoms with Crippen LogP contribution in [0.4, 0.5) is 17.1 Å². The van der Waals surface area contributed by atoms with Gasteiger partial charge in [-0.3, -0.25) is 0 Å². The minimum atomic E-state index is -0.183. The smallest absolute Gasteiger partial charge is 0.136 e. The van der Waals surface area contributed by atoms with Gasteiger partial charge in [0.1, 0.15) is 11.2 Å². The minimum absolute atomic E-state index is 0.183. The maximum Gasteiger partial charge on any atom is 0.136 e. The molecule has 1 heterocycles. The standard InChI is InChI=1S/C47H33NO/c1-47(2)40-21-9-7-19-36(40)37-20-12-24-43(46(37)47)48(42-23-11-16-30-13-5-6-17-34(30)42)41-22-10-8-18-35(41)33-25-26-44-38(28-33)39-27-31-14-3-4-15-32(31)29-45(39)49-44/h3-29H,1-2H3. The van der Waals surface area contributed by atoms with Crippen LogP contribution in [0.1, 0.15) is 25.0 Å². The molecule has 10 rings (SSSR count). The van der Waals surface area contributed by atoms with Gasteiger partial charge in [0, 0.05) is 27.1 Å². The zero-order chi connectivity index (χ0) is 32.7. The fourth-order valence-corrected chi connectivity index (χ4v) is 8.34. The van der Waals surface area contributed by atoms with Crippen molar-refractivity contribution < 1.29 is 4.42 Å². The molecule has 1 aliphatic carbocycles. The first-order chi connectivity index (χ1) is 24.1. The van der Waals surface area contributed by atoms with Gasteiger partial charge in [-0.2, -0.15) is 0 Å². The van der Waals surface area contributed by atoms with E-state index in [2.05, 4.69) is 183 Å². The van der Waals surface area contributed by atoms with Crippen molar-refractivity contribution >= 4 is 60.5 Å². The van der Waals surface area contributed by atoms with E-state index >= 15 is 0 Å². The lowest BCUT2D eigenvalue weighted by atomic mass is 9.81. The lowest BCUT2D eigenvalue weighted by Crippen LogP contribution is -2.21. The summed E-state index contributed by atoms with van der Waals surface area (Å²) < 4.78 is 6.41. The number of hydrogen-bond donors (Lipinski definition) is 0. The SMILES string of the molecule is CC1(C)c2ccccc2-c2cccc(N(c3ccccc3-c3ccc4oc5cc6ccccc6cc5c4c3)c3cccc4ccccc34)c21. The molecular weight excluding hydrogens is 595 g/mol. The second-order valence-corrected chi connectivity index (χ2v) is 13.7. The zero-order valence-electron chi connectivity index (χ0n) is 27.4. The van der Waals surface area contributed by atoms with E-state index < -0.39 is 0 Å². The average Bonchev–Trinajstić information content (AvgIpc) is 3.62. The Kier molecular flexibility index (Phi) is 5.95. The van der Waals surface area contributed by atoms with Gasteiger partial charge in [0.2, 0.25) is 0 Å². The van der Waals surface area contributed by atoms with Crippen molar-refractivity contribution in [2.24, 2.45) is 0 Å². The molecule has 0 saturated carbocycles. The highest BCUT2D eigenvalue weighted by atomic mass is 16.3. The summed E-state index contributed by atoms with van der Waals surface area (Å²) in [5, 5.41) is 7.10. The van der Waals surface area contributed by atoms with E-state index in [-0.39, 0.29) is 5.41 Å². The number of hydrogen-bond acceptors (Lipinski definition) is 2. The Labute approximate surface area is 285 Å². The van der Waals surface area contributed by atoms with Crippen LogP contribution < -0.4 is 4.90 Å². The van der Waals surface area contributed by atoms with E-state index in [4.69, 9.17) is 4.42 Å². The summed E-state index contributed by atoms with van der Waals surface area (Å²) in [4.78, 5) is 2.51. The van der Waals surface area contributed by atoms with Crippen molar-refractivity contribution in [2.45, 2.75) is 19.3 Å². The first kappa shape index (κ1) is 27.9. The van der Waals surface area contributed by atoms with Crippen LogP contribution in [-0.4, -0.2) is 0 Å². The molecule has 0 spiro atoms. The van der Waals surface area contributed by atoms with Gasteiger partial charge in [0.25, 0.3) is 0 Å². The first-order valence-corrected chi connectivity index (χ1v) is 17.0. The van der Waals surface area contributed by atoms with Crippen LogP contribution in [0.2, 0.25) is 0 Å². The molecule has 0 saturated heterocycles. The Morgan fingerprint density at radius 3 is 1.92 bits per heavy atom. The van der Waals surface area contributed by atoms with Crippen LogP contribution in [0.25, 0.3) is 65.7 Å². The highest BCUT2D eigenvalue weighted by molar-refractivity contribution is 6.11. The molecule has 1 aliphatic rings. The Balaban J connectivity index is 1.25. The van der Waals surface area contributed by atoms with Gasteiger partial charge in [-0.05, 0) is 86.4 Å². The van der Waals surface area contributed by atoms with Crippen molar-refractivity contribution in [1.29, 1.82) is 0 Å². The highest BCUT2D eigenvalue weighted by Gasteiger charge is 2.39. The molecule has 0 amide bonds. The van der Waals surface area contributed by atoms with E-state index in [1.54, 1.807) is 0 Å². The van der Waals surface area contributed by atoms with Crippen LogP contribution in [0, 0.1) is 0 Å². The summed E-state index contributed by atoms with van der Waals surface area (Å²) in [6, 6.07) is 59.5. The number of rotatable bonds is 4. The number of para-hydroxylation sites is 1. The largest absolute Gasteiger partial charge is 0.456 e. The van der Waals surface area contributed by atoms with Crippen molar-refractivity contribution in [2.75, 3.05) is 4.90 Å². The first-order valence-electron chi connectivity index (χ1n) is 17.0. The van der Waals surface area contributed by atoms with Crippen LogP contribution in [-0.2, 0) is 5.41 Å². The van der Waals surface area contributed by atoms with Gasteiger partial charge in [-0.1, -0.05) is 135 Å². The number of nitrogens with zero attached hydrogens (tertiary/aromatic N) is 1. The normalized spacial score (nSPS) is 13.3. The van der Waals surface area contributed by atoms with E-state index in [0.29, 0.717) is 0 Å². The van der Waals surface area contributed by atoms with Crippen LogP contribution in [0.15, 0.2) is 168 Å². The molecule has 0 fully saturated rings. The second-order valence-electron chi connectivity index (χ2n) is 13.7. The molecule has 2 heteroatoms. The number of benzene rings is 8.